The molecule has 0 saturated carbocycles. The maximum atomic E-state index is 11.7. The fourth-order valence-corrected chi connectivity index (χ4v) is 1.89. The summed E-state index contributed by atoms with van der Waals surface area (Å²) in [7, 11) is 0. The molecule has 2 heterocycles. The average Bonchev–Trinajstić information content (AvgIpc) is 2.15. The lowest BCUT2D eigenvalue weighted by molar-refractivity contribution is -0.138. The summed E-state index contributed by atoms with van der Waals surface area (Å²) >= 11 is 0. The van der Waals surface area contributed by atoms with Crippen molar-refractivity contribution in [3.63, 3.8) is 0 Å². The largest absolute Gasteiger partial charge is 0.394 e. The standard InChI is InChI=1S/C10H18N2O3/c13-8-9-6-11(4-5-15-9)7-10(14)12-2-1-3-12/h9,13H,1-8H2. The highest BCUT2D eigenvalue weighted by atomic mass is 16.5. The van der Waals surface area contributed by atoms with Crippen LogP contribution in [0.1, 0.15) is 6.42 Å². The number of carbonyl (C=O) groups is 1. The van der Waals surface area contributed by atoms with E-state index in [9.17, 15) is 4.79 Å². The molecule has 0 aliphatic carbocycles. The molecule has 86 valence electrons. The zero-order chi connectivity index (χ0) is 10.7. The Kier molecular flexibility index (Phi) is 3.56. The molecule has 0 spiro atoms. The lowest BCUT2D eigenvalue weighted by Crippen LogP contribution is -2.51. The second-order valence-electron chi connectivity index (χ2n) is 4.14. The van der Waals surface area contributed by atoms with Crippen LogP contribution in [0.25, 0.3) is 0 Å². The zero-order valence-corrected chi connectivity index (χ0v) is 8.89. The first kappa shape index (κ1) is 10.9. The number of hydrogen-bond acceptors (Lipinski definition) is 4. The molecular weight excluding hydrogens is 196 g/mol. The van der Waals surface area contributed by atoms with Crippen LogP contribution in [-0.2, 0) is 9.53 Å². The summed E-state index contributed by atoms with van der Waals surface area (Å²) in [6.45, 7) is 4.39. The van der Waals surface area contributed by atoms with Crippen molar-refractivity contribution >= 4 is 5.91 Å². The van der Waals surface area contributed by atoms with E-state index in [1.54, 1.807) is 0 Å². The number of aliphatic hydroxyl groups excluding tert-OH is 1. The topological polar surface area (TPSA) is 53.0 Å². The molecule has 2 saturated heterocycles. The Morgan fingerprint density at radius 2 is 2.20 bits per heavy atom. The van der Waals surface area contributed by atoms with E-state index in [2.05, 4.69) is 4.90 Å². The zero-order valence-electron chi connectivity index (χ0n) is 8.89. The van der Waals surface area contributed by atoms with Crippen molar-refractivity contribution in [3.05, 3.63) is 0 Å². The van der Waals surface area contributed by atoms with Gasteiger partial charge in [-0.2, -0.15) is 0 Å². The van der Waals surface area contributed by atoms with E-state index in [0.717, 1.165) is 26.1 Å². The molecule has 1 atom stereocenters. The number of likely N-dealkylation sites (tertiary alicyclic amines) is 1. The number of rotatable bonds is 3. The van der Waals surface area contributed by atoms with Gasteiger partial charge in [-0.3, -0.25) is 9.69 Å². The van der Waals surface area contributed by atoms with Gasteiger partial charge in [0.15, 0.2) is 0 Å². The van der Waals surface area contributed by atoms with Gasteiger partial charge >= 0.3 is 0 Å². The van der Waals surface area contributed by atoms with Gasteiger partial charge in [0.1, 0.15) is 0 Å². The van der Waals surface area contributed by atoms with Crippen LogP contribution in [0.2, 0.25) is 0 Å². The fraction of sp³-hybridized carbons (Fsp3) is 0.900. The van der Waals surface area contributed by atoms with Crippen molar-refractivity contribution in [2.24, 2.45) is 0 Å². The molecular formula is C10H18N2O3. The SMILES string of the molecule is O=C(CN1CCOC(CO)C1)N1CCC1. The summed E-state index contributed by atoms with van der Waals surface area (Å²) < 4.78 is 5.32. The predicted molar refractivity (Wildman–Crippen MR) is 54.5 cm³/mol. The molecule has 2 rings (SSSR count). The highest BCUT2D eigenvalue weighted by Crippen LogP contribution is 2.09. The molecule has 0 aromatic heterocycles. The van der Waals surface area contributed by atoms with Crippen LogP contribution in [0.3, 0.4) is 0 Å². The molecule has 1 N–H and O–H groups in total. The van der Waals surface area contributed by atoms with Crippen LogP contribution >= 0.6 is 0 Å². The second-order valence-corrected chi connectivity index (χ2v) is 4.14. The van der Waals surface area contributed by atoms with Gasteiger partial charge in [0.05, 0.1) is 25.9 Å². The van der Waals surface area contributed by atoms with Crippen LogP contribution in [-0.4, -0.2) is 72.9 Å². The Bertz CT molecular complexity index is 231. The number of carbonyl (C=O) groups excluding carboxylic acids is 1. The van der Waals surface area contributed by atoms with Gasteiger partial charge in [-0.25, -0.2) is 0 Å². The van der Waals surface area contributed by atoms with Gasteiger partial charge in [-0.05, 0) is 6.42 Å². The van der Waals surface area contributed by atoms with E-state index in [1.807, 2.05) is 4.90 Å². The van der Waals surface area contributed by atoms with E-state index in [-0.39, 0.29) is 18.6 Å². The van der Waals surface area contributed by atoms with Gasteiger partial charge in [-0.1, -0.05) is 0 Å². The molecule has 2 fully saturated rings. The number of hydrogen-bond donors (Lipinski definition) is 1. The average molecular weight is 214 g/mol. The van der Waals surface area contributed by atoms with Crippen LogP contribution in [0.4, 0.5) is 0 Å². The Morgan fingerprint density at radius 1 is 1.40 bits per heavy atom. The van der Waals surface area contributed by atoms with E-state index in [0.29, 0.717) is 19.7 Å². The summed E-state index contributed by atoms with van der Waals surface area (Å²) in [6.07, 6.45) is 1.01. The summed E-state index contributed by atoms with van der Waals surface area (Å²) in [6, 6.07) is 0. The third-order valence-electron chi connectivity index (χ3n) is 2.99. The van der Waals surface area contributed by atoms with E-state index in [4.69, 9.17) is 9.84 Å². The van der Waals surface area contributed by atoms with Crippen molar-refractivity contribution in [3.8, 4) is 0 Å². The molecule has 2 aliphatic heterocycles. The molecule has 1 unspecified atom stereocenters. The fourth-order valence-electron chi connectivity index (χ4n) is 1.89. The van der Waals surface area contributed by atoms with Gasteiger partial charge in [0.25, 0.3) is 0 Å². The third kappa shape index (κ3) is 2.68. The van der Waals surface area contributed by atoms with Crippen LogP contribution < -0.4 is 0 Å². The number of amides is 1. The lowest BCUT2D eigenvalue weighted by Gasteiger charge is -2.36. The summed E-state index contributed by atoms with van der Waals surface area (Å²) in [5.41, 5.74) is 0. The van der Waals surface area contributed by atoms with E-state index < -0.39 is 0 Å². The van der Waals surface area contributed by atoms with Crippen LogP contribution in [0.5, 0.6) is 0 Å². The first-order valence-corrected chi connectivity index (χ1v) is 5.52. The smallest absolute Gasteiger partial charge is 0.236 e. The Balaban J connectivity index is 1.75. The molecule has 0 radical (unpaired) electrons. The third-order valence-corrected chi connectivity index (χ3v) is 2.99. The maximum Gasteiger partial charge on any atom is 0.236 e. The summed E-state index contributed by atoms with van der Waals surface area (Å²) in [5, 5.41) is 8.96. The Hall–Kier alpha value is -0.650. The summed E-state index contributed by atoms with van der Waals surface area (Å²) in [5.74, 6) is 0.208. The molecule has 1 amide bonds. The molecule has 15 heavy (non-hydrogen) atoms. The highest BCUT2D eigenvalue weighted by Gasteiger charge is 2.25. The van der Waals surface area contributed by atoms with E-state index in [1.165, 1.54) is 0 Å². The molecule has 0 aromatic carbocycles. The Morgan fingerprint density at radius 3 is 2.80 bits per heavy atom. The minimum atomic E-state index is -0.122. The molecule has 5 nitrogen and oxygen atoms in total. The number of aliphatic hydroxyl groups is 1. The quantitative estimate of drug-likeness (QED) is 0.649. The maximum absolute atomic E-state index is 11.7. The first-order valence-electron chi connectivity index (χ1n) is 5.52. The lowest BCUT2D eigenvalue weighted by atomic mass is 10.2. The molecule has 5 heteroatoms. The first-order chi connectivity index (χ1) is 7.29. The number of morpholine rings is 1. The van der Waals surface area contributed by atoms with Crippen LogP contribution in [0.15, 0.2) is 0 Å². The van der Waals surface area contributed by atoms with Crippen molar-refractivity contribution in [1.82, 2.24) is 9.80 Å². The number of nitrogens with zero attached hydrogens (tertiary/aromatic N) is 2. The second kappa shape index (κ2) is 4.92. The molecule has 0 bridgehead atoms. The van der Waals surface area contributed by atoms with Crippen molar-refractivity contribution < 1.29 is 14.6 Å². The summed E-state index contributed by atoms with van der Waals surface area (Å²) in [4.78, 5) is 15.6. The predicted octanol–water partition coefficient (Wildman–Crippen LogP) is -1.09. The van der Waals surface area contributed by atoms with Gasteiger partial charge in [0, 0.05) is 26.2 Å². The van der Waals surface area contributed by atoms with Crippen molar-refractivity contribution in [2.75, 3.05) is 45.9 Å². The van der Waals surface area contributed by atoms with Gasteiger partial charge in [0.2, 0.25) is 5.91 Å². The molecule has 0 aromatic rings. The van der Waals surface area contributed by atoms with Crippen LogP contribution in [0, 0.1) is 0 Å². The minimum absolute atomic E-state index is 0.0361. The highest BCUT2D eigenvalue weighted by molar-refractivity contribution is 5.78. The monoisotopic (exact) mass is 214 g/mol. The number of ether oxygens (including phenoxy) is 1. The normalized spacial score (nSPS) is 27.5. The van der Waals surface area contributed by atoms with Gasteiger partial charge < -0.3 is 14.7 Å². The van der Waals surface area contributed by atoms with E-state index >= 15 is 0 Å². The minimum Gasteiger partial charge on any atom is -0.394 e. The van der Waals surface area contributed by atoms with Crippen molar-refractivity contribution in [2.45, 2.75) is 12.5 Å². The molecule has 2 aliphatic rings. The van der Waals surface area contributed by atoms with Gasteiger partial charge in [-0.15, -0.1) is 0 Å². The Labute approximate surface area is 89.6 Å². The van der Waals surface area contributed by atoms with Crippen molar-refractivity contribution in [1.29, 1.82) is 0 Å².